The van der Waals surface area contributed by atoms with Crippen molar-refractivity contribution in [1.82, 2.24) is 9.38 Å². The van der Waals surface area contributed by atoms with Gasteiger partial charge in [-0.2, -0.15) is 0 Å². The van der Waals surface area contributed by atoms with Crippen molar-refractivity contribution in [2.75, 3.05) is 11.9 Å². The van der Waals surface area contributed by atoms with Gasteiger partial charge in [0.15, 0.2) is 5.82 Å². The summed E-state index contributed by atoms with van der Waals surface area (Å²) in [6, 6.07) is 6.74. The van der Waals surface area contributed by atoms with Crippen molar-refractivity contribution >= 4 is 11.5 Å². The predicted octanol–water partition coefficient (Wildman–Crippen LogP) is 3.09. The van der Waals surface area contributed by atoms with E-state index in [0.717, 1.165) is 24.3 Å². The molecule has 2 rings (SSSR count). The molecule has 4 heteroatoms. The lowest BCUT2D eigenvalue weighted by Gasteiger charge is -2.29. The van der Waals surface area contributed by atoms with E-state index in [1.807, 2.05) is 12.1 Å². The van der Waals surface area contributed by atoms with Crippen LogP contribution in [-0.4, -0.2) is 28.5 Å². The van der Waals surface area contributed by atoms with E-state index < -0.39 is 0 Å². The third-order valence-corrected chi connectivity index (χ3v) is 4.50. The van der Waals surface area contributed by atoms with Crippen molar-refractivity contribution in [3.63, 3.8) is 0 Å². The van der Waals surface area contributed by atoms with E-state index in [4.69, 9.17) is 10.7 Å². The lowest BCUT2D eigenvalue weighted by Crippen LogP contribution is -2.34. The highest BCUT2D eigenvalue weighted by Crippen LogP contribution is 2.25. The third-order valence-electron chi connectivity index (χ3n) is 4.50. The Morgan fingerprint density at radius 3 is 2.62 bits per heavy atom. The van der Waals surface area contributed by atoms with Crippen molar-refractivity contribution in [2.24, 2.45) is 11.7 Å². The minimum atomic E-state index is 0.173. The first kappa shape index (κ1) is 15.8. The first-order chi connectivity index (χ1) is 9.95. The summed E-state index contributed by atoms with van der Waals surface area (Å²) in [6.45, 7) is 8.87. The average molecular weight is 288 g/mol. The first-order valence-corrected chi connectivity index (χ1v) is 7.90. The molecule has 0 aliphatic carbocycles. The standard InChI is InChI=1S/C17H28N4/c1-6-14(18)11-15-17(20(5)13(4)12(2)3)19-16-9-7-8-10-21(15)16/h7-10,12-14H,6,11,18H2,1-5H3. The maximum Gasteiger partial charge on any atom is 0.151 e. The van der Waals surface area contributed by atoms with Gasteiger partial charge in [-0.3, -0.25) is 0 Å². The molecule has 0 radical (unpaired) electrons. The van der Waals surface area contributed by atoms with Crippen molar-refractivity contribution in [3.8, 4) is 0 Å². The van der Waals surface area contributed by atoms with Gasteiger partial charge >= 0.3 is 0 Å². The Kier molecular flexibility index (Phi) is 4.88. The smallest absolute Gasteiger partial charge is 0.151 e. The predicted molar refractivity (Wildman–Crippen MR) is 89.9 cm³/mol. The molecule has 2 atom stereocenters. The quantitative estimate of drug-likeness (QED) is 0.888. The molecule has 4 nitrogen and oxygen atoms in total. The molecule has 2 aromatic heterocycles. The van der Waals surface area contributed by atoms with Gasteiger partial charge in [-0.15, -0.1) is 0 Å². The van der Waals surface area contributed by atoms with E-state index in [1.165, 1.54) is 5.69 Å². The first-order valence-electron chi connectivity index (χ1n) is 7.90. The van der Waals surface area contributed by atoms with E-state index in [-0.39, 0.29) is 6.04 Å². The summed E-state index contributed by atoms with van der Waals surface area (Å²) in [5.74, 6) is 1.64. The van der Waals surface area contributed by atoms with E-state index in [9.17, 15) is 0 Å². The van der Waals surface area contributed by atoms with Gasteiger partial charge in [0.2, 0.25) is 0 Å². The maximum absolute atomic E-state index is 6.20. The van der Waals surface area contributed by atoms with Crippen LogP contribution in [0.2, 0.25) is 0 Å². The molecular formula is C17H28N4. The minimum absolute atomic E-state index is 0.173. The van der Waals surface area contributed by atoms with Crippen molar-refractivity contribution in [2.45, 2.75) is 52.6 Å². The van der Waals surface area contributed by atoms with Gasteiger partial charge in [-0.1, -0.05) is 26.8 Å². The number of hydrogen-bond acceptors (Lipinski definition) is 3. The number of anilines is 1. The zero-order valence-electron chi connectivity index (χ0n) is 13.9. The summed E-state index contributed by atoms with van der Waals surface area (Å²) < 4.78 is 2.17. The number of pyridine rings is 1. The molecule has 116 valence electrons. The normalized spacial score (nSPS) is 14.6. The molecule has 0 saturated carbocycles. The van der Waals surface area contributed by atoms with Crippen molar-refractivity contribution in [1.29, 1.82) is 0 Å². The summed E-state index contributed by atoms with van der Waals surface area (Å²) in [6.07, 6.45) is 3.91. The van der Waals surface area contributed by atoms with Crippen molar-refractivity contribution in [3.05, 3.63) is 30.1 Å². The number of nitrogens with two attached hydrogens (primary N) is 1. The molecule has 2 unspecified atom stereocenters. The zero-order valence-corrected chi connectivity index (χ0v) is 13.9. The van der Waals surface area contributed by atoms with Crippen LogP contribution in [0, 0.1) is 5.92 Å². The lowest BCUT2D eigenvalue weighted by molar-refractivity contribution is 0.501. The van der Waals surface area contributed by atoms with E-state index >= 15 is 0 Å². The molecule has 0 aromatic carbocycles. The fraction of sp³-hybridized carbons (Fsp3) is 0.588. The SMILES string of the molecule is CCC(N)Cc1c(N(C)C(C)C(C)C)nc2ccccn12. The number of fused-ring (bicyclic) bond motifs is 1. The monoisotopic (exact) mass is 288 g/mol. The van der Waals surface area contributed by atoms with Crippen molar-refractivity contribution < 1.29 is 0 Å². The van der Waals surface area contributed by atoms with Crippen LogP contribution in [0.3, 0.4) is 0 Å². The van der Waals surface area contributed by atoms with E-state index in [1.54, 1.807) is 0 Å². The number of hydrogen-bond donors (Lipinski definition) is 1. The molecular weight excluding hydrogens is 260 g/mol. The van der Waals surface area contributed by atoms with Crippen LogP contribution in [-0.2, 0) is 6.42 Å². The largest absolute Gasteiger partial charge is 0.355 e. The van der Waals surface area contributed by atoms with Crippen LogP contribution < -0.4 is 10.6 Å². The summed E-state index contributed by atoms with van der Waals surface area (Å²) in [4.78, 5) is 7.12. The summed E-state index contributed by atoms with van der Waals surface area (Å²) in [5.41, 5.74) is 8.41. The Morgan fingerprint density at radius 1 is 1.29 bits per heavy atom. The molecule has 0 aliphatic rings. The number of imidazole rings is 1. The molecule has 0 aliphatic heterocycles. The highest BCUT2D eigenvalue weighted by Gasteiger charge is 2.22. The zero-order chi connectivity index (χ0) is 15.6. The molecule has 0 fully saturated rings. The third kappa shape index (κ3) is 3.21. The number of nitrogens with zero attached hydrogens (tertiary/aromatic N) is 3. The van der Waals surface area contributed by atoms with Gasteiger partial charge in [-0.05, 0) is 31.4 Å². The Labute approximate surface area is 128 Å². The fourth-order valence-corrected chi connectivity index (χ4v) is 2.54. The second-order valence-electron chi connectivity index (χ2n) is 6.28. The van der Waals surface area contributed by atoms with Crippen LogP contribution in [0.15, 0.2) is 24.4 Å². The number of aromatic nitrogens is 2. The van der Waals surface area contributed by atoms with Gasteiger partial charge in [0.25, 0.3) is 0 Å². The summed E-state index contributed by atoms with van der Waals surface area (Å²) in [5, 5.41) is 0. The molecule has 0 spiro atoms. The molecule has 21 heavy (non-hydrogen) atoms. The van der Waals surface area contributed by atoms with E-state index in [2.05, 4.69) is 56.3 Å². The van der Waals surface area contributed by atoms with Gasteiger partial charge in [0.1, 0.15) is 5.65 Å². The van der Waals surface area contributed by atoms with Crippen LogP contribution in [0.1, 0.15) is 39.8 Å². The molecule has 2 aromatic rings. The Morgan fingerprint density at radius 2 is 2.00 bits per heavy atom. The highest BCUT2D eigenvalue weighted by atomic mass is 15.2. The Bertz CT molecular complexity index is 587. The van der Waals surface area contributed by atoms with Gasteiger partial charge in [0.05, 0.1) is 5.69 Å². The van der Waals surface area contributed by atoms with Gasteiger partial charge in [-0.25, -0.2) is 4.98 Å². The Balaban J connectivity index is 2.48. The van der Waals surface area contributed by atoms with Crippen LogP contribution in [0.5, 0.6) is 0 Å². The molecule has 2 heterocycles. The maximum atomic E-state index is 6.20. The minimum Gasteiger partial charge on any atom is -0.355 e. The second-order valence-corrected chi connectivity index (χ2v) is 6.28. The fourth-order valence-electron chi connectivity index (χ4n) is 2.54. The van der Waals surface area contributed by atoms with Crippen LogP contribution in [0.4, 0.5) is 5.82 Å². The topological polar surface area (TPSA) is 46.6 Å². The summed E-state index contributed by atoms with van der Waals surface area (Å²) >= 11 is 0. The molecule has 0 saturated heterocycles. The second kappa shape index (κ2) is 6.48. The average Bonchev–Trinajstić information content (AvgIpc) is 2.84. The van der Waals surface area contributed by atoms with E-state index in [0.29, 0.717) is 12.0 Å². The number of rotatable bonds is 6. The molecule has 0 amide bonds. The van der Waals surface area contributed by atoms with Crippen LogP contribution in [0.25, 0.3) is 5.65 Å². The van der Waals surface area contributed by atoms with Crippen LogP contribution >= 0.6 is 0 Å². The Hall–Kier alpha value is -1.55. The highest BCUT2D eigenvalue weighted by molar-refractivity contribution is 5.56. The van der Waals surface area contributed by atoms with Gasteiger partial charge in [0, 0.05) is 31.7 Å². The molecule has 0 bridgehead atoms. The summed E-state index contributed by atoms with van der Waals surface area (Å²) in [7, 11) is 2.13. The molecule has 2 N–H and O–H groups in total. The van der Waals surface area contributed by atoms with Gasteiger partial charge < -0.3 is 15.0 Å². The lowest BCUT2D eigenvalue weighted by atomic mass is 10.0.